The van der Waals surface area contributed by atoms with Crippen LogP contribution in [-0.2, 0) is 13.6 Å². The summed E-state index contributed by atoms with van der Waals surface area (Å²) in [5, 5.41) is 8.84. The highest BCUT2D eigenvalue weighted by molar-refractivity contribution is 9.11. The molecule has 2 heterocycles. The fourth-order valence-electron chi connectivity index (χ4n) is 1.49. The molecule has 5 nitrogen and oxygen atoms in total. The van der Waals surface area contributed by atoms with Crippen molar-refractivity contribution < 1.29 is 9.53 Å². The summed E-state index contributed by atoms with van der Waals surface area (Å²) in [5.41, 5.74) is 1.41. The van der Waals surface area contributed by atoms with Crippen molar-refractivity contribution in [1.29, 1.82) is 0 Å². The Kier molecular flexibility index (Phi) is 4.03. The number of rotatable bonds is 4. The van der Waals surface area contributed by atoms with Crippen LogP contribution in [0.1, 0.15) is 16.1 Å². The van der Waals surface area contributed by atoms with Gasteiger partial charge in [-0.25, -0.2) is 4.68 Å². The number of carbonyl (C=O) groups excluding carboxylic acids is 1. The van der Waals surface area contributed by atoms with E-state index in [9.17, 15) is 4.79 Å². The minimum Gasteiger partial charge on any atom is -0.481 e. The Morgan fingerprint density at radius 2 is 2.39 bits per heavy atom. The number of aromatic nitrogens is 2. The topological polar surface area (TPSA) is 56.1 Å². The van der Waals surface area contributed by atoms with Crippen LogP contribution in [0.25, 0.3) is 0 Å². The van der Waals surface area contributed by atoms with Gasteiger partial charge >= 0.3 is 0 Å². The van der Waals surface area contributed by atoms with E-state index in [0.29, 0.717) is 18.0 Å². The highest BCUT2D eigenvalue weighted by Crippen LogP contribution is 2.20. The maximum absolute atomic E-state index is 11.8. The van der Waals surface area contributed by atoms with E-state index >= 15 is 0 Å². The van der Waals surface area contributed by atoms with Crippen molar-refractivity contribution in [3.8, 4) is 5.88 Å². The number of nitrogens with zero attached hydrogens (tertiary/aromatic N) is 2. The molecule has 96 valence electrons. The maximum Gasteiger partial charge on any atom is 0.252 e. The van der Waals surface area contributed by atoms with Crippen LogP contribution in [0.2, 0.25) is 0 Å². The molecule has 0 saturated carbocycles. The molecule has 0 aliphatic carbocycles. The van der Waals surface area contributed by atoms with Gasteiger partial charge in [-0.3, -0.25) is 4.79 Å². The fourth-order valence-corrected chi connectivity index (χ4v) is 2.62. The maximum atomic E-state index is 11.8. The van der Waals surface area contributed by atoms with Crippen LogP contribution in [0, 0.1) is 0 Å². The number of methoxy groups -OCH3 is 1. The van der Waals surface area contributed by atoms with Gasteiger partial charge in [-0.2, -0.15) is 5.10 Å². The van der Waals surface area contributed by atoms with E-state index in [0.717, 1.165) is 9.48 Å². The number of hydrogen-bond acceptors (Lipinski definition) is 4. The Bertz CT molecular complexity index is 564. The second-order valence-electron chi connectivity index (χ2n) is 3.62. The van der Waals surface area contributed by atoms with Crippen LogP contribution < -0.4 is 10.1 Å². The van der Waals surface area contributed by atoms with Crippen LogP contribution in [0.5, 0.6) is 5.88 Å². The first-order valence-electron chi connectivity index (χ1n) is 5.19. The third-order valence-corrected chi connectivity index (χ3v) is 3.86. The molecule has 7 heteroatoms. The molecule has 0 spiro atoms. The lowest BCUT2D eigenvalue weighted by molar-refractivity contribution is 0.0951. The van der Waals surface area contributed by atoms with Crippen molar-refractivity contribution in [3.05, 3.63) is 32.6 Å². The Hall–Kier alpha value is -1.34. The predicted molar refractivity (Wildman–Crippen MR) is 72.9 cm³/mol. The molecule has 0 saturated heterocycles. The lowest BCUT2D eigenvalue weighted by Gasteiger charge is -2.00. The minimum absolute atomic E-state index is 0.110. The summed E-state index contributed by atoms with van der Waals surface area (Å²) in [6, 6.07) is 3.59. The molecule has 0 aromatic carbocycles. The van der Waals surface area contributed by atoms with Crippen molar-refractivity contribution in [2.75, 3.05) is 7.11 Å². The van der Waals surface area contributed by atoms with E-state index in [-0.39, 0.29) is 5.91 Å². The Labute approximate surface area is 117 Å². The number of nitrogens with one attached hydrogen (secondary N) is 1. The minimum atomic E-state index is -0.110. The molecule has 1 N–H and O–H groups in total. The van der Waals surface area contributed by atoms with Gasteiger partial charge in [0, 0.05) is 18.5 Å². The second-order valence-corrected chi connectivity index (χ2v) is 5.91. The first kappa shape index (κ1) is 13.1. The summed E-state index contributed by atoms with van der Waals surface area (Å²) in [6.45, 7) is 0.378. The second kappa shape index (κ2) is 5.53. The molecule has 0 aliphatic rings. The number of thiophene rings is 1. The van der Waals surface area contributed by atoms with Gasteiger partial charge in [0.25, 0.3) is 5.91 Å². The standard InChI is InChI=1S/C11H12BrN3O2S/c1-15-10(17-2)4-8(14-15)5-13-11(16)7-3-9(12)18-6-7/h3-4,6H,5H2,1-2H3,(H,13,16). The lowest BCUT2D eigenvalue weighted by atomic mass is 10.3. The third-order valence-electron chi connectivity index (χ3n) is 2.36. The van der Waals surface area contributed by atoms with Crippen LogP contribution in [0.4, 0.5) is 0 Å². The van der Waals surface area contributed by atoms with Gasteiger partial charge in [0.2, 0.25) is 5.88 Å². The molecule has 2 aromatic heterocycles. The zero-order valence-electron chi connectivity index (χ0n) is 9.94. The van der Waals surface area contributed by atoms with Crippen molar-refractivity contribution in [2.24, 2.45) is 7.05 Å². The molecule has 2 rings (SSSR count). The largest absolute Gasteiger partial charge is 0.481 e. The summed E-state index contributed by atoms with van der Waals surface area (Å²) in [4.78, 5) is 11.8. The molecule has 0 fully saturated rings. The summed E-state index contributed by atoms with van der Waals surface area (Å²) < 4.78 is 7.67. The number of amides is 1. The molecular formula is C11H12BrN3O2S. The van der Waals surface area contributed by atoms with E-state index < -0.39 is 0 Å². The number of carbonyl (C=O) groups is 1. The van der Waals surface area contributed by atoms with Crippen molar-refractivity contribution in [3.63, 3.8) is 0 Å². The predicted octanol–water partition coefficient (Wildman–Crippen LogP) is 2.18. The normalized spacial score (nSPS) is 10.4. The molecule has 0 bridgehead atoms. The molecule has 2 aromatic rings. The highest BCUT2D eigenvalue weighted by atomic mass is 79.9. The van der Waals surface area contributed by atoms with E-state index in [1.54, 1.807) is 36.4 Å². The molecule has 0 aliphatic heterocycles. The van der Waals surface area contributed by atoms with Gasteiger partial charge in [-0.05, 0) is 22.0 Å². The van der Waals surface area contributed by atoms with E-state index in [1.807, 2.05) is 0 Å². The van der Waals surface area contributed by atoms with Gasteiger partial charge in [0.1, 0.15) is 0 Å². The Morgan fingerprint density at radius 3 is 2.94 bits per heavy atom. The van der Waals surface area contributed by atoms with Crippen molar-refractivity contribution in [1.82, 2.24) is 15.1 Å². The average Bonchev–Trinajstić information content (AvgIpc) is 2.92. The number of aryl methyl sites for hydroxylation is 1. The quantitative estimate of drug-likeness (QED) is 0.935. The smallest absolute Gasteiger partial charge is 0.252 e. The van der Waals surface area contributed by atoms with Gasteiger partial charge in [-0.15, -0.1) is 11.3 Å². The number of hydrogen-bond donors (Lipinski definition) is 1. The lowest BCUT2D eigenvalue weighted by Crippen LogP contribution is -2.22. The first-order chi connectivity index (χ1) is 8.60. The first-order valence-corrected chi connectivity index (χ1v) is 6.86. The SMILES string of the molecule is COc1cc(CNC(=O)c2csc(Br)c2)nn1C. The summed E-state index contributed by atoms with van der Waals surface area (Å²) in [5.74, 6) is 0.555. The number of halogens is 1. The average molecular weight is 330 g/mol. The summed E-state index contributed by atoms with van der Waals surface area (Å²) in [6.07, 6.45) is 0. The van der Waals surface area contributed by atoms with E-state index in [2.05, 4.69) is 26.3 Å². The Balaban J connectivity index is 1.97. The fraction of sp³-hybridized carbons (Fsp3) is 0.273. The van der Waals surface area contributed by atoms with Crippen LogP contribution in [0.3, 0.4) is 0 Å². The van der Waals surface area contributed by atoms with E-state index in [4.69, 9.17) is 4.74 Å². The van der Waals surface area contributed by atoms with Crippen molar-refractivity contribution >= 4 is 33.2 Å². The summed E-state index contributed by atoms with van der Waals surface area (Å²) >= 11 is 4.81. The monoisotopic (exact) mass is 329 g/mol. The Morgan fingerprint density at radius 1 is 1.61 bits per heavy atom. The van der Waals surface area contributed by atoms with Gasteiger partial charge < -0.3 is 10.1 Å². The summed E-state index contributed by atoms with van der Waals surface area (Å²) in [7, 11) is 3.38. The molecular weight excluding hydrogens is 318 g/mol. The molecule has 0 radical (unpaired) electrons. The van der Waals surface area contributed by atoms with Crippen molar-refractivity contribution in [2.45, 2.75) is 6.54 Å². The molecule has 18 heavy (non-hydrogen) atoms. The zero-order chi connectivity index (χ0) is 13.1. The van der Waals surface area contributed by atoms with Crippen LogP contribution in [0.15, 0.2) is 21.3 Å². The van der Waals surface area contributed by atoms with E-state index in [1.165, 1.54) is 11.3 Å². The molecule has 1 amide bonds. The van der Waals surface area contributed by atoms with Gasteiger partial charge in [0.15, 0.2) is 0 Å². The molecule has 0 unspecified atom stereocenters. The molecule has 0 atom stereocenters. The number of ether oxygens (including phenoxy) is 1. The van der Waals surface area contributed by atoms with Crippen LogP contribution in [-0.4, -0.2) is 22.8 Å². The van der Waals surface area contributed by atoms with Gasteiger partial charge in [-0.1, -0.05) is 0 Å². The van der Waals surface area contributed by atoms with Gasteiger partial charge in [0.05, 0.1) is 28.7 Å². The van der Waals surface area contributed by atoms with Crippen LogP contribution >= 0.6 is 27.3 Å². The third kappa shape index (κ3) is 2.91. The highest BCUT2D eigenvalue weighted by Gasteiger charge is 2.09. The zero-order valence-corrected chi connectivity index (χ0v) is 12.3.